The van der Waals surface area contributed by atoms with Gasteiger partial charge in [-0.3, -0.25) is 9.48 Å². The van der Waals surface area contributed by atoms with E-state index in [0.717, 1.165) is 35.6 Å². The largest absolute Gasteiger partial charge is 0.333 e. The average molecular weight is 419 g/mol. The molecule has 0 spiro atoms. The first-order valence-electron chi connectivity index (χ1n) is 10.6. The molecule has 1 N–H and O–H groups in total. The molecule has 154 valence electrons. The molecule has 0 aliphatic heterocycles. The van der Waals surface area contributed by atoms with Crippen molar-refractivity contribution in [1.29, 1.82) is 0 Å². The Morgan fingerprint density at radius 3 is 2.70 bits per heavy atom. The highest BCUT2D eigenvalue weighted by atomic mass is 32.1. The molecule has 1 aromatic carbocycles. The van der Waals surface area contributed by atoms with Gasteiger partial charge in [-0.25, -0.2) is 0 Å². The molecule has 1 fully saturated rings. The van der Waals surface area contributed by atoms with Crippen molar-refractivity contribution in [2.24, 2.45) is 0 Å². The Kier molecular flexibility index (Phi) is 4.95. The van der Waals surface area contributed by atoms with Crippen LogP contribution in [-0.4, -0.2) is 20.3 Å². The molecule has 0 atom stereocenters. The van der Waals surface area contributed by atoms with Gasteiger partial charge in [0.2, 0.25) is 0 Å². The zero-order valence-electron chi connectivity index (χ0n) is 17.4. The van der Waals surface area contributed by atoms with Crippen LogP contribution in [0.25, 0.3) is 10.2 Å². The molecule has 5 nitrogen and oxygen atoms in total. The number of nitrogens with zero attached hydrogens (tertiary/aromatic N) is 3. The van der Waals surface area contributed by atoms with Crippen LogP contribution < -0.4 is 5.32 Å². The summed E-state index contributed by atoms with van der Waals surface area (Å²) in [5, 5.41) is 9.97. The number of amides is 1. The maximum absolute atomic E-state index is 13.4. The van der Waals surface area contributed by atoms with Gasteiger partial charge in [-0.15, -0.1) is 11.3 Å². The van der Waals surface area contributed by atoms with Gasteiger partial charge in [0.1, 0.15) is 5.69 Å². The molecule has 0 radical (unpaired) electrons. The quantitative estimate of drug-likeness (QED) is 0.437. The molecule has 0 bridgehead atoms. The third-order valence-electron chi connectivity index (χ3n) is 6.18. The SMILES string of the molecule is Cc1nn(Cc2ccccc2)c(C)c1NC(=O)c1cc2sccc2n1C1CCCC1. The van der Waals surface area contributed by atoms with Crippen LogP contribution in [0.3, 0.4) is 0 Å². The minimum atomic E-state index is -0.0456. The lowest BCUT2D eigenvalue weighted by Crippen LogP contribution is -2.19. The van der Waals surface area contributed by atoms with E-state index in [1.165, 1.54) is 28.6 Å². The van der Waals surface area contributed by atoms with Crippen LogP contribution in [0.2, 0.25) is 0 Å². The summed E-state index contributed by atoms with van der Waals surface area (Å²) in [6, 6.07) is 14.9. The lowest BCUT2D eigenvalue weighted by molar-refractivity contribution is 0.101. The van der Waals surface area contributed by atoms with E-state index < -0.39 is 0 Å². The molecule has 4 aromatic rings. The zero-order valence-corrected chi connectivity index (χ0v) is 18.2. The Morgan fingerprint density at radius 1 is 1.17 bits per heavy atom. The number of nitrogens with one attached hydrogen (secondary N) is 1. The Bertz CT molecular complexity index is 1190. The minimum absolute atomic E-state index is 0.0456. The fourth-order valence-electron chi connectivity index (χ4n) is 4.64. The maximum Gasteiger partial charge on any atom is 0.272 e. The van der Waals surface area contributed by atoms with Crippen LogP contribution in [0.4, 0.5) is 5.69 Å². The van der Waals surface area contributed by atoms with Crippen LogP contribution in [0.15, 0.2) is 47.8 Å². The Balaban J connectivity index is 1.45. The number of fused-ring (bicyclic) bond motifs is 1. The van der Waals surface area contributed by atoms with E-state index in [-0.39, 0.29) is 5.91 Å². The number of aromatic nitrogens is 3. The van der Waals surface area contributed by atoms with Crippen LogP contribution >= 0.6 is 11.3 Å². The lowest BCUT2D eigenvalue weighted by atomic mass is 10.2. The molecule has 0 unspecified atom stereocenters. The van der Waals surface area contributed by atoms with Crippen molar-refractivity contribution in [2.45, 2.75) is 52.1 Å². The lowest BCUT2D eigenvalue weighted by Gasteiger charge is -2.17. The van der Waals surface area contributed by atoms with E-state index >= 15 is 0 Å². The smallest absolute Gasteiger partial charge is 0.272 e. The number of anilines is 1. The molecule has 6 heteroatoms. The predicted molar refractivity (Wildman–Crippen MR) is 123 cm³/mol. The summed E-state index contributed by atoms with van der Waals surface area (Å²) in [7, 11) is 0. The van der Waals surface area contributed by atoms with Gasteiger partial charge < -0.3 is 9.88 Å². The van der Waals surface area contributed by atoms with Crippen molar-refractivity contribution >= 4 is 33.1 Å². The van der Waals surface area contributed by atoms with E-state index in [2.05, 4.69) is 38.6 Å². The van der Waals surface area contributed by atoms with Gasteiger partial charge in [0.15, 0.2) is 0 Å². The van der Waals surface area contributed by atoms with E-state index in [1.807, 2.05) is 42.8 Å². The highest BCUT2D eigenvalue weighted by Crippen LogP contribution is 2.37. The monoisotopic (exact) mass is 418 g/mol. The second-order valence-corrected chi connectivity index (χ2v) is 9.10. The summed E-state index contributed by atoms with van der Waals surface area (Å²) in [6.07, 6.45) is 4.76. The zero-order chi connectivity index (χ0) is 20.7. The highest BCUT2D eigenvalue weighted by Gasteiger charge is 2.26. The number of carbonyl (C=O) groups excluding carboxylic acids is 1. The normalized spacial score (nSPS) is 14.6. The van der Waals surface area contributed by atoms with E-state index in [4.69, 9.17) is 0 Å². The summed E-state index contributed by atoms with van der Waals surface area (Å²) in [4.78, 5) is 13.4. The van der Waals surface area contributed by atoms with Crippen molar-refractivity contribution in [2.75, 3.05) is 5.32 Å². The van der Waals surface area contributed by atoms with Gasteiger partial charge in [0.05, 0.1) is 33.8 Å². The van der Waals surface area contributed by atoms with Gasteiger partial charge >= 0.3 is 0 Å². The van der Waals surface area contributed by atoms with Crippen molar-refractivity contribution in [3.63, 3.8) is 0 Å². The second kappa shape index (κ2) is 7.76. The first-order valence-corrected chi connectivity index (χ1v) is 11.5. The highest BCUT2D eigenvalue weighted by molar-refractivity contribution is 7.17. The summed E-state index contributed by atoms with van der Waals surface area (Å²) in [5.74, 6) is -0.0456. The third-order valence-corrected chi connectivity index (χ3v) is 7.03. The molecular weight excluding hydrogens is 392 g/mol. The van der Waals surface area contributed by atoms with Gasteiger partial charge in [-0.2, -0.15) is 5.10 Å². The van der Waals surface area contributed by atoms with E-state index in [1.54, 1.807) is 11.3 Å². The van der Waals surface area contributed by atoms with Crippen molar-refractivity contribution in [3.8, 4) is 0 Å². The summed E-state index contributed by atoms with van der Waals surface area (Å²) >= 11 is 1.70. The van der Waals surface area contributed by atoms with Crippen LogP contribution in [0.5, 0.6) is 0 Å². The number of thiophene rings is 1. The number of hydrogen-bond donors (Lipinski definition) is 1. The first-order chi connectivity index (χ1) is 14.6. The molecule has 30 heavy (non-hydrogen) atoms. The molecule has 5 rings (SSSR count). The number of carbonyl (C=O) groups is 1. The van der Waals surface area contributed by atoms with Crippen molar-refractivity contribution in [1.82, 2.24) is 14.3 Å². The molecule has 3 heterocycles. The Hall–Kier alpha value is -2.86. The number of hydrogen-bond acceptors (Lipinski definition) is 3. The maximum atomic E-state index is 13.4. The number of rotatable bonds is 5. The first kappa shape index (κ1) is 19.1. The minimum Gasteiger partial charge on any atom is -0.333 e. The number of benzene rings is 1. The second-order valence-electron chi connectivity index (χ2n) is 8.15. The summed E-state index contributed by atoms with van der Waals surface area (Å²) in [6.45, 7) is 4.67. The van der Waals surface area contributed by atoms with Crippen LogP contribution in [0.1, 0.15) is 59.2 Å². The molecule has 1 amide bonds. The summed E-state index contributed by atoms with van der Waals surface area (Å²) < 4.78 is 5.42. The Labute approximate surface area is 180 Å². The van der Waals surface area contributed by atoms with Crippen LogP contribution in [-0.2, 0) is 6.54 Å². The molecule has 1 saturated carbocycles. The molecule has 1 aliphatic carbocycles. The van der Waals surface area contributed by atoms with E-state index in [0.29, 0.717) is 12.6 Å². The predicted octanol–water partition coefficient (Wildman–Crippen LogP) is 5.93. The van der Waals surface area contributed by atoms with Gasteiger partial charge in [0, 0.05) is 6.04 Å². The molecule has 3 aromatic heterocycles. The van der Waals surface area contributed by atoms with Gasteiger partial charge in [-0.05, 0) is 49.8 Å². The van der Waals surface area contributed by atoms with Crippen molar-refractivity contribution < 1.29 is 4.79 Å². The molecule has 1 aliphatic rings. The fourth-order valence-corrected chi connectivity index (χ4v) is 5.45. The van der Waals surface area contributed by atoms with E-state index in [9.17, 15) is 4.79 Å². The summed E-state index contributed by atoms with van der Waals surface area (Å²) in [5.41, 5.74) is 5.78. The fraction of sp³-hybridized carbons (Fsp3) is 0.333. The molecule has 0 saturated heterocycles. The van der Waals surface area contributed by atoms with Crippen molar-refractivity contribution in [3.05, 3.63) is 70.5 Å². The Morgan fingerprint density at radius 2 is 1.93 bits per heavy atom. The standard InChI is InChI=1S/C24H26N4OS/c1-16-23(17(2)27(26-16)15-18-8-4-3-5-9-18)25-24(29)21-14-22-20(12-13-30-22)28(21)19-10-6-7-11-19/h3-5,8-9,12-14,19H,6-7,10-11,15H2,1-2H3,(H,25,29). The van der Waals surface area contributed by atoms with Gasteiger partial charge in [0.25, 0.3) is 5.91 Å². The van der Waals surface area contributed by atoms with Crippen LogP contribution in [0, 0.1) is 13.8 Å². The topological polar surface area (TPSA) is 51.9 Å². The molecular formula is C24H26N4OS. The van der Waals surface area contributed by atoms with Gasteiger partial charge in [-0.1, -0.05) is 43.2 Å². The third kappa shape index (κ3) is 3.35. The average Bonchev–Trinajstić information content (AvgIpc) is 3.51. The number of aryl methyl sites for hydroxylation is 1.